The van der Waals surface area contributed by atoms with Gasteiger partial charge >= 0.3 is 0 Å². The van der Waals surface area contributed by atoms with Gasteiger partial charge in [-0.25, -0.2) is 9.97 Å². The molecule has 1 amide bonds. The molecule has 1 aromatic heterocycles. The molecule has 1 saturated carbocycles. The molecule has 2 fully saturated rings. The lowest BCUT2D eigenvalue weighted by Gasteiger charge is -2.37. The van der Waals surface area contributed by atoms with E-state index in [1.807, 2.05) is 30.1 Å². The van der Waals surface area contributed by atoms with Crippen molar-refractivity contribution < 1.29 is 4.79 Å². The van der Waals surface area contributed by atoms with Crippen LogP contribution in [0.4, 0.5) is 5.95 Å². The van der Waals surface area contributed by atoms with Crippen LogP contribution in [0.25, 0.3) is 0 Å². The Hall–Kier alpha value is -1.69. The third kappa shape index (κ3) is 2.69. The number of carbonyl (C=O) groups is 1. The Bertz CT molecular complexity index is 627. The lowest BCUT2D eigenvalue weighted by atomic mass is 9.90. The van der Waals surface area contributed by atoms with Crippen LogP contribution >= 0.6 is 0 Å². The zero-order valence-corrected chi connectivity index (χ0v) is 14.2. The van der Waals surface area contributed by atoms with E-state index >= 15 is 0 Å². The van der Waals surface area contributed by atoms with Crippen LogP contribution in [0.2, 0.25) is 0 Å². The number of hydrogen-bond donors (Lipinski definition) is 0. The molecule has 2 unspecified atom stereocenters. The van der Waals surface area contributed by atoms with Crippen molar-refractivity contribution in [2.75, 3.05) is 38.6 Å². The number of carbonyl (C=O) groups excluding carboxylic acids is 1. The molecule has 124 valence electrons. The van der Waals surface area contributed by atoms with Crippen LogP contribution in [-0.4, -0.2) is 65.4 Å². The molecule has 1 saturated heterocycles. The van der Waals surface area contributed by atoms with E-state index in [4.69, 9.17) is 4.98 Å². The van der Waals surface area contributed by atoms with E-state index < -0.39 is 0 Å². The summed E-state index contributed by atoms with van der Waals surface area (Å²) in [6.45, 7) is 5.38. The largest absolute Gasteiger partial charge is 0.347 e. The zero-order chi connectivity index (χ0) is 16.1. The summed E-state index contributed by atoms with van der Waals surface area (Å²) in [4.78, 5) is 27.7. The van der Waals surface area contributed by atoms with Crippen molar-refractivity contribution in [3.05, 3.63) is 17.5 Å². The molecule has 0 aromatic carbocycles. The number of nitrogens with zero attached hydrogens (tertiary/aromatic N) is 5. The zero-order valence-electron chi connectivity index (χ0n) is 14.2. The lowest BCUT2D eigenvalue weighted by molar-refractivity contribution is -0.128. The average molecular weight is 315 g/mol. The van der Waals surface area contributed by atoms with Crippen molar-refractivity contribution in [2.24, 2.45) is 5.92 Å². The molecule has 0 N–H and O–H groups in total. The van der Waals surface area contributed by atoms with Crippen molar-refractivity contribution in [3.8, 4) is 0 Å². The molecule has 6 heteroatoms. The van der Waals surface area contributed by atoms with Crippen molar-refractivity contribution in [1.29, 1.82) is 0 Å². The first-order valence-corrected chi connectivity index (χ1v) is 8.55. The Kier molecular flexibility index (Phi) is 3.52. The normalized spacial score (nSPS) is 26.8. The van der Waals surface area contributed by atoms with Gasteiger partial charge < -0.3 is 9.80 Å². The smallest absolute Gasteiger partial charge is 0.225 e. The van der Waals surface area contributed by atoms with Gasteiger partial charge in [0.05, 0.1) is 5.69 Å². The molecule has 1 aliphatic carbocycles. The van der Waals surface area contributed by atoms with Crippen molar-refractivity contribution >= 4 is 11.9 Å². The highest BCUT2D eigenvalue weighted by Crippen LogP contribution is 2.40. The standard InChI is InChI=1S/C17H25N5O/c1-11(23)21-9-14-15(10-21)22(7-12-4-5-12)8-13-6-18-17(20(2)3)19-16(13)14/h6,12,14-15H,4-5,7-10H2,1-3H3. The molecule has 2 atom stereocenters. The Labute approximate surface area is 137 Å². The molecular formula is C17H25N5O. The summed E-state index contributed by atoms with van der Waals surface area (Å²) >= 11 is 0. The van der Waals surface area contributed by atoms with Crippen molar-refractivity contribution in [2.45, 2.75) is 38.3 Å². The van der Waals surface area contributed by atoms with E-state index in [0.29, 0.717) is 12.0 Å². The Morgan fingerprint density at radius 1 is 1.35 bits per heavy atom. The molecule has 0 spiro atoms. The Morgan fingerprint density at radius 2 is 2.13 bits per heavy atom. The molecule has 0 bridgehead atoms. The van der Waals surface area contributed by atoms with Gasteiger partial charge in [-0.3, -0.25) is 9.69 Å². The van der Waals surface area contributed by atoms with E-state index in [1.165, 1.54) is 18.4 Å². The number of anilines is 1. The molecule has 2 aliphatic heterocycles. The summed E-state index contributed by atoms with van der Waals surface area (Å²) in [6.07, 6.45) is 4.70. The van der Waals surface area contributed by atoms with Crippen molar-refractivity contribution in [1.82, 2.24) is 19.8 Å². The van der Waals surface area contributed by atoms with Gasteiger partial charge in [0.15, 0.2) is 0 Å². The first-order chi connectivity index (χ1) is 11.0. The second-order valence-corrected chi connectivity index (χ2v) is 7.45. The van der Waals surface area contributed by atoms with Gasteiger partial charge in [-0.2, -0.15) is 0 Å². The first kappa shape index (κ1) is 14.9. The fourth-order valence-electron chi connectivity index (χ4n) is 3.92. The maximum Gasteiger partial charge on any atom is 0.225 e. The predicted molar refractivity (Wildman–Crippen MR) is 88.3 cm³/mol. The quantitative estimate of drug-likeness (QED) is 0.835. The molecule has 4 rings (SSSR count). The van der Waals surface area contributed by atoms with Gasteiger partial charge in [0.2, 0.25) is 11.9 Å². The fraction of sp³-hybridized carbons (Fsp3) is 0.706. The second-order valence-electron chi connectivity index (χ2n) is 7.45. The minimum Gasteiger partial charge on any atom is -0.347 e. The third-order valence-corrected chi connectivity index (χ3v) is 5.40. The van der Waals surface area contributed by atoms with Crippen LogP contribution in [0.3, 0.4) is 0 Å². The first-order valence-electron chi connectivity index (χ1n) is 8.55. The number of rotatable bonds is 3. The van der Waals surface area contributed by atoms with Crippen LogP contribution in [0.5, 0.6) is 0 Å². The highest BCUT2D eigenvalue weighted by atomic mass is 16.2. The van der Waals surface area contributed by atoms with Gasteiger partial charge in [0.1, 0.15) is 0 Å². The van der Waals surface area contributed by atoms with Gasteiger partial charge in [-0.15, -0.1) is 0 Å². The highest BCUT2D eigenvalue weighted by molar-refractivity contribution is 5.74. The van der Waals surface area contributed by atoms with Gasteiger partial charge in [0.25, 0.3) is 0 Å². The van der Waals surface area contributed by atoms with Crippen LogP contribution in [-0.2, 0) is 11.3 Å². The summed E-state index contributed by atoms with van der Waals surface area (Å²) < 4.78 is 0. The predicted octanol–water partition coefficient (Wildman–Crippen LogP) is 1.08. The number of likely N-dealkylation sites (tertiary alicyclic amines) is 1. The summed E-state index contributed by atoms with van der Waals surface area (Å²) in [5, 5.41) is 0. The van der Waals surface area contributed by atoms with E-state index in [-0.39, 0.29) is 5.91 Å². The minimum absolute atomic E-state index is 0.175. The minimum atomic E-state index is 0.175. The molecular weight excluding hydrogens is 290 g/mol. The second kappa shape index (κ2) is 5.44. The Balaban J connectivity index is 1.68. The molecule has 23 heavy (non-hydrogen) atoms. The van der Waals surface area contributed by atoms with E-state index in [2.05, 4.69) is 9.88 Å². The number of aromatic nitrogens is 2. The summed E-state index contributed by atoms with van der Waals surface area (Å²) in [6, 6.07) is 0.414. The number of fused-ring (bicyclic) bond motifs is 3. The highest BCUT2D eigenvalue weighted by Gasteiger charge is 2.45. The van der Waals surface area contributed by atoms with Crippen LogP contribution in [0.15, 0.2) is 6.20 Å². The molecule has 1 aromatic rings. The third-order valence-electron chi connectivity index (χ3n) is 5.40. The van der Waals surface area contributed by atoms with Gasteiger partial charge in [-0.1, -0.05) is 0 Å². The van der Waals surface area contributed by atoms with E-state index in [1.54, 1.807) is 6.92 Å². The summed E-state index contributed by atoms with van der Waals surface area (Å²) in [7, 11) is 3.94. The molecule has 3 heterocycles. The lowest BCUT2D eigenvalue weighted by Crippen LogP contribution is -2.45. The summed E-state index contributed by atoms with van der Waals surface area (Å²) in [5.74, 6) is 2.11. The maximum atomic E-state index is 11.9. The molecule has 0 radical (unpaired) electrons. The molecule has 6 nitrogen and oxygen atoms in total. The average Bonchev–Trinajstić information content (AvgIpc) is 3.20. The SMILES string of the molecule is CC(=O)N1CC2c3nc(N(C)C)ncc3CN(CC3CC3)C2C1. The molecule has 3 aliphatic rings. The maximum absolute atomic E-state index is 11.9. The topological polar surface area (TPSA) is 52.6 Å². The number of amides is 1. The van der Waals surface area contributed by atoms with E-state index in [9.17, 15) is 4.79 Å². The monoisotopic (exact) mass is 315 g/mol. The van der Waals surface area contributed by atoms with Gasteiger partial charge in [-0.05, 0) is 18.8 Å². The van der Waals surface area contributed by atoms with Crippen LogP contribution < -0.4 is 4.90 Å². The van der Waals surface area contributed by atoms with E-state index in [0.717, 1.165) is 43.7 Å². The van der Waals surface area contributed by atoms with Crippen LogP contribution in [0.1, 0.15) is 36.9 Å². The van der Waals surface area contributed by atoms with Crippen molar-refractivity contribution in [3.63, 3.8) is 0 Å². The summed E-state index contributed by atoms with van der Waals surface area (Å²) in [5.41, 5.74) is 2.40. The Morgan fingerprint density at radius 3 is 2.78 bits per heavy atom. The van der Waals surface area contributed by atoms with Gasteiger partial charge in [0, 0.05) is 70.9 Å². The van der Waals surface area contributed by atoms with Crippen LogP contribution in [0, 0.1) is 5.92 Å². The fourth-order valence-corrected chi connectivity index (χ4v) is 3.92. The number of hydrogen-bond acceptors (Lipinski definition) is 5.